The number of carbonyl (C=O) groups excluding carboxylic acids is 4. The fourth-order valence-corrected chi connectivity index (χ4v) is 9.65. The molecule has 3 aromatic carbocycles. The minimum absolute atomic E-state index is 0.156. The van der Waals surface area contributed by atoms with Gasteiger partial charge in [0.05, 0.1) is 22.4 Å². The molecule has 314 valence electrons. The van der Waals surface area contributed by atoms with Crippen LogP contribution < -0.4 is 30.2 Å². The van der Waals surface area contributed by atoms with Gasteiger partial charge >= 0.3 is 0 Å². The van der Waals surface area contributed by atoms with Gasteiger partial charge < -0.3 is 24.9 Å². The second-order valence-corrected chi connectivity index (χ2v) is 16.9. The fourth-order valence-electron chi connectivity index (χ4n) is 9.04. The van der Waals surface area contributed by atoms with Gasteiger partial charge in [0, 0.05) is 88.2 Å². The van der Waals surface area contributed by atoms with Gasteiger partial charge in [0.25, 0.3) is 11.8 Å². The number of carbonyl (C=O) groups is 4. The Morgan fingerprint density at radius 2 is 1.68 bits per heavy atom. The Labute approximate surface area is 360 Å². The molecule has 1 atom stereocenters. The lowest BCUT2D eigenvalue weighted by Crippen LogP contribution is -2.49. The molecule has 4 aromatic rings. The average molecular weight is 854 g/mol. The van der Waals surface area contributed by atoms with Crippen LogP contribution in [0, 0.1) is 12.8 Å². The molecule has 1 unspecified atom stereocenters. The summed E-state index contributed by atoms with van der Waals surface area (Å²) < 4.78 is 0. The summed E-state index contributed by atoms with van der Waals surface area (Å²) in [5.74, 6) is 0.720. The number of aryl methyl sites for hydroxylation is 1. The van der Waals surface area contributed by atoms with Crippen molar-refractivity contribution in [2.45, 2.75) is 52.1 Å². The average Bonchev–Trinajstić information content (AvgIpc) is 3.57. The predicted molar refractivity (Wildman–Crippen MR) is 236 cm³/mol. The number of amides is 4. The van der Waals surface area contributed by atoms with Gasteiger partial charge in [-0.05, 0) is 91.8 Å². The summed E-state index contributed by atoms with van der Waals surface area (Å²) >= 11 is 12.9. The topological polar surface area (TPSA) is 138 Å². The maximum Gasteiger partial charge on any atom is 0.265 e. The van der Waals surface area contributed by atoms with E-state index in [1.807, 2.05) is 31.0 Å². The van der Waals surface area contributed by atoms with E-state index in [-0.39, 0.29) is 18.5 Å². The molecule has 1 aromatic heterocycles. The van der Waals surface area contributed by atoms with Crippen molar-refractivity contribution >= 4 is 81.8 Å². The number of hydrogen-bond donors (Lipinski definition) is 2. The van der Waals surface area contributed by atoms with Crippen LogP contribution >= 0.6 is 23.2 Å². The van der Waals surface area contributed by atoms with E-state index in [1.165, 1.54) is 11.3 Å². The van der Waals surface area contributed by atoms with Gasteiger partial charge in [-0.25, -0.2) is 4.98 Å². The number of halogens is 2. The summed E-state index contributed by atoms with van der Waals surface area (Å²) in [5, 5.41) is 6.37. The third-order valence-electron chi connectivity index (χ3n) is 12.2. The molecule has 0 aliphatic carbocycles. The highest BCUT2D eigenvalue weighted by atomic mass is 35.5. The van der Waals surface area contributed by atoms with Crippen LogP contribution in [0.1, 0.15) is 64.4 Å². The van der Waals surface area contributed by atoms with E-state index >= 15 is 0 Å². The lowest BCUT2D eigenvalue weighted by Gasteiger charge is -2.40. The maximum atomic E-state index is 13.5. The highest BCUT2D eigenvalue weighted by molar-refractivity contribution is 6.40. The zero-order chi connectivity index (χ0) is 42.1. The van der Waals surface area contributed by atoms with Gasteiger partial charge in [0.2, 0.25) is 18.3 Å². The lowest BCUT2D eigenvalue weighted by molar-refractivity contribution is -0.129. The van der Waals surface area contributed by atoms with Crippen LogP contribution in [0.25, 0.3) is 0 Å². The molecular formula is C44H50Cl2N10O4. The number of anilines is 6. The molecule has 2 saturated heterocycles. The molecule has 8 rings (SSSR count). The molecule has 5 heterocycles. The van der Waals surface area contributed by atoms with Gasteiger partial charge in [-0.3, -0.25) is 34.3 Å². The first-order valence-corrected chi connectivity index (χ1v) is 21.4. The first-order chi connectivity index (χ1) is 29.0. The third-order valence-corrected chi connectivity index (χ3v) is 12.8. The number of benzene rings is 3. The molecule has 16 heteroatoms. The van der Waals surface area contributed by atoms with E-state index in [0.717, 1.165) is 82.0 Å². The molecule has 60 heavy (non-hydrogen) atoms. The number of piperidine rings is 1. The van der Waals surface area contributed by atoms with Crippen molar-refractivity contribution in [1.82, 2.24) is 25.1 Å². The number of rotatable bonds is 12. The number of nitrogens with one attached hydrogen (secondary N) is 2. The highest BCUT2D eigenvalue weighted by Gasteiger charge is 2.37. The Morgan fingerprint density at radius 1 is 0.933 bits per heavy atom. The third kappa shape index (κ3) is 8.32. The van der Waals surface area contributed by atoms with E-state index in [9.17, 15) is 19.2 Å². The molecule has 0 bridgehead atoms. The van der Waals surface area contributed by atoms with E-state index < -0.39 is 11.9 Å². The molecule has 0 saturated carbocycles. The van der Waals surface area contributed by atoms with Crippen molar-refractivity contribution in [3.05, 3.63) is 93.1 Å². The van der Waals surface area contributed by atoms with E-state index in [2.05, 4.69) is 61.5 Å². The minimum atomic E-state index is -0.664. The lowest BCUT2D eigenvalue weighted by atomic mass is 9.95. The second kappa shape index (κ2) is 17.6. The van der Waals surface area contributed by atoms with Gasteiger partial charge in [0.15, 0.2) is 0 Å². The van der Waals surface area contributed by atoms with E-state index in [4.69, 9.17) is 28.2 Å². The number of nitrogens with zero attached hydrogens (tertiary/aromatic N) is 8. The molecule has 2 N–H and O–H groups in total. The number of para-hydroxylation sites is 1. The van der Waals surface area contributed by atoms with E-state index in [1.54, 1.807) is 34.2 Å². The van der Waals surface area contributed by atoms with Crippen molar-refractivity contribution in [3.8, 4) is 0 Å². The van der Waals surface area contributed by atoms with Crippen molar-refractivity contribution in [2.24, 2.45) is 5.92 Å². The van der Waals surface area contributed by atoms with Crippen molar-refractivity contribution in [3.63, 3.8) is 0 Å². The van der Waals surface area contributed by atoms with Crippen LogP contribution in [0.5, 0.6) is 0 Å². The molecule has 14 nitrogen and oxygen atoms in total. The summed E-state index contributed by atoms with van der Waals surface area (Å²) in [4.78, 5) is 71.9. The minimum Gasteiger partial charge on any atom is -0.371 e. The van der Waals surface area contributed by atoms with Crippen molar-refractivity contribution in [2.75, 3.05) is 84.4 Å². The monoisotopic (exact) mass is 852 g/mol. The molecule has 4 aliphatic heterocycles. The van der Waals surface area contributed by atoms with Crippen LogP contribution in [0.3, 0.4) is 0 Å². The maximum absolute atomic E-state index is 13.5. The first-order valence-electron chi connectivity index (χ1n) is 20.6. The number of aromatic nitrogens is 2. The Balaban J connectivity index is 0.816. The largest absolute Gasteiger partial charge is 0.371 e. The zero-order valence-corrected chi connectivity index (χ0v) is 35.7. The quantitative estimate of drug-likeness (QED) is 0.155. The van der Waals surface area contributed by atoms with Gasteiger partial charge in [-0.1, -0.05) is 42.6 Å². The molecule has 0 spiro atoms. The number of imide groups is 1. The highest BCUT2D eigenvalue weighted by Crippen LogP contribution is 2.38. The van der Waals surface area contributed by atoms with Crippen LogP contribution in [0.15, 0.2) is 60.8 Å². The summed E-state index contributed by atoms with van der Waals surface area (Å²) in [6, 6.07) is 16.9. The summed E-state index contributed by atoms with van der Waals surface area (Å²) in [6.07, 6.45) is 5.42. The number of piperazine rings is 1. The molecule has 4 amide bonds. The first kappa shape index (κ1) is 41.3. The zero-order valence-electron chi connectivity index (χ0n) is 34.2. The molecule has 4 aliphatic rings. The van der Waals surface area contributed by atoms with Crippen LogP contribution in [0.4, 0.5) is 34.5 Å². The number of hydrogen-bond acceptors (Lipinski definition) is 11. The van der Waals surface area contributed by atoms with Crippen molar-refractivity contribution in [1.29, 1.82) is 0 Å². The molecular weight excluding hydrogens is 803 g/mol. The fraction of sp³-hybridized carbons (Fsp3) is 0.409. The smallest absolute Gasteiger partial charge is 0.265 e. The Kier molecular flexibility index (Phi) is 12.1. The molecule has 0 radical (unpaired) electrons. The van der Waals surface area contributed by atoms with Crippen LogP contribution in [0.2, 0.25) is 10.0 Å². The van der Waals surface area contributed by atoms with Gasteiger partial charge in [-0.2, -0.15) is 4.98 Å². The van der Waals surface area contributed by atoms with Gasteiger partial charge in [0.1, 0.15) is 17.4 Å². The van der Waals surface area contributed by atoms with Gasteiger partial charge in [-0.15, -0.1) is 0 Å². The standard InChI is InChI=1S/C44H50Cl2N10O4/c1-4-6-38(41(58)48-26-57)55-25-30-22-32(10-11-33(30)42(55)59)53-19-17-52(18-20-53)24-29-13-15-54(16-14-29)37-12-9-31(21-28(37)2)49-44-47-23-34-40(50-44)51(3)27-56(43(34)60)39-35(45)7-5-8-36(39)46/h5,7-12,21-23,26,29,38H,4,6,13-20,24-25,27H2,1-3H3,(H,47,49,50)(H,48,57,58). The van der Waals surface area contributed by atoms with Crippen LogP contribution in [-0.4, -0.2) is 109 Å². The van der Waals surface area contributed by atoms with E-state index in [0.29, 0.717) is 63.9 Å². The molecule has 2 fully saturated rings. The summed E-state index contributed by atoms with van der Waals surface area (Å²) in [6.45, 7) is 11.6. The normalized spacial score (nSPS) is 17.8. The van der Waals surface area contributed by atoms with Crippen molar-refractivity contribution < 1.29 is 19.2 Å². The second-order valence-electron chi connectivity index (χ2n) is 16.1. The Bertz CT molecular complexity index is 2270. The summed E-state index contributed by atoms with van der Waals surface area (Å²) in [5.41, 5.74) is 6.76. The SMILES string of the molecule is CCCC(C(=O)NC=O)N1Cc2cc(N3CCN(CC4CCN(c5ccc(Nc6ncc7c(n6)N(C)CN(c6c(Cl)cccc6Cl)C7=O)cc5C)CC4)CC3)ccc2C1=O. The number of fused-ring (bicyclic) bond motifs is 2. The Morgan fingerprint density at radius 3 is 2.38 bits per heavy atom. The summed E-state index contributed by atoms with van der Waals surface area (Å²) in [7, 11) is 1.87. The predicted octanol–water partition coefficient (Wildman–Crippen LogP) is 6.33. The van der Waals surface area contributed by atoms with Crippen LogP contribution in [-0.2, 0) is 16.1 Å². The Hall–Kier alpha value is -5.44.